The van der Waals surface area contributed by atoms with E-state index < -0.39 is 50.4 Å². The molecule has 0 aliphatic rings. The Morgan fingerprint density at radius 2 is 0.933 bits per heavy atom. The van der Waals surface area contributed by atoms with Crippen LogP contribution in [-0.4, -0.2) is 44.0 Å². The maximum atomic E-state index is 11.9. The molecular formula is C16H11NaO10S3. The maximum Gasteiger partial charge on any atom is 1.00 e. The minimum atomic E-state index is -5.10. The molecule has 4 aromatic carbocycles. The Hall–Kier alpha value is -1.55. The fourth-order valence-corrected chi connectivity index (χ4v) is 5.72. The molecule has 0 fully saturated rings. The van der Waals surface area contributed by atoms with Crippen molar-refractivity contribution < 1.29 is 75.0 Å². The van der Waals surface area contributed by atoms with Crippen LogP contribution in [0.5, 0.6) is 5.75 Å². The fourth-order valence-electron chi connectivity index (χ4n) is 3.51. The van der Waals surface area contributed by atoms with Crippen molar-refractivity contribution in [1.82, 2.24) is 0 Å². The molecule has 0 saturated carbocycles. The second-order valence-corrected chi connectivity index (χ2v) is 10.4. The topological polar surface area (TPSA) is 183 Å². The smallest absolute Gasteiger partial charge is 1.00 e. The average molecular weight is 482 g/mol. The minimum Gasteiger partial charge on any atom is -1.00 e. The van der Waals surface area contributed by atoms with Gasteiger partial charge < -0.3 is 6.53 Å². The summed E-state index contributed by atoms with van der Waals surface area (Å²) in [6.45, 7) is 0. The van der Waals surface area contributed by atoms with E-state index in [9.17, 15) is 44.0 Å². The normalized spacial score (nSPS) is 13.2. The van der Waals surface area contributed by atoms with Crippen LogP contribution < -0.4 is 29.6 Å². The van der Waals surface area contributed by atoms with Gasteiger partial charge in [0, 0.05) is 32.3 Å². The summed E-state index contributed by atoms with van der Waals surface area (Å²) in [6, 6.07) is 5.98. The molecular weight excluding hydrogens is 471 g/mol. The SMILES string of the molecule is O=S(=O)(O)c1cc2c(S(=O)(=O)O)cc(S(=O)(=O)O)c3ccc4c(O)ccc1c4c32.[H-].[Na+]. The van der Waals surface area contributed by atoms with Gasteiger partial charge in [-0.25, -0.2) is 0 Å². The molecule has 0 radical (unpaired) electrons. The second-order valence-electron chi connectivity index (χ2n) is 6.26. The Balaban J connectivity index is 0.00000171. The van der Waals surface area contributed by atoms with E-state index in [2.05, 4.69) is 0 Å². The van der Waals surface area contributed by atoms with Crippen LogP contribution in [0.2, 0.25) is 0 Å². The van der Waals surface area contributed by atoms with E-state index in [1.165, 1.54) is 12.1 Å². The number of phenols is 1. The van der Waals surface area contributed by atoms with Crippen molar-refractivity contribution in [2.75, 3.05) is 0 Å². The molecule has 154 valence electrons. The number of aromatic hydroxyl groups is 1. The van der Waals surface area contributed by atoms with Crippen molar-refractivity contribution in [2.45, 2.75) is 14.7 Å². The molecule has 0 atom stereocenters. The third kappa shape index (κ3) is 3.45. The van der Waals surface area contributed by atoms with Crippen LogP contribution in [0.1, 0.15) is 1.43 Å². The quantitative estimate of drug-likeness (QED) is 0.163. The minimum absolute atomic E-state index is 0. The third-order valence-electron chi connectivity index (χ3n) is 4.60. The van der Waals surface area contributed by atoms with Crippen LogP contribution in [0.4, 0.5) is 0 Å². The second kappa shape index (κ2) is 6.98. The average Bonchev–Trinajstić information content (AvgIpc) is 2.57. The molecule has 4 N–H and O–H groups in total. The van der Waals surface area contributed by atoms with Crippen LogP contribution in [-0.2, 0) is 30.4 Å². The van der Waals surface area contributed by atoms with Crippen molar-refractivity contribution in [3.05, 3.63) is 36.4 Å². The number of hydrogen-bond acceptors (Lipinski definition) is 7. The molecule has 14 heteroatoms. The summed E-state index contributed by atoms with van der Waals surface area (Å²) < 4.78 is 100. The first-order chi connectivity index (χ1) is 13.2. The van der Waals surface area contributed by atoms with Crippen LogP contribution >= 0.6 is 0 Å². The zero-order chi connectivity index (χ0) is 21.5. The third-order valence-corrected chi connectivity index (χ3v) is 7.28. The molecule has 4 aromatic rings. The zero-order valence-electron chi connectivity index (χ0n) is 15.9. The summed E-state index contributed by atoms with van der Waals surface area (Å²) in [6.07, 6.45) is 0. The summed E-state index contributed by atoms with van der Waals surface area (Å²) in [5.41, 5.74) is 0. The Morgan fingerprint density at radius 1 is 0.567 bits per heavy atom. The molecule has 0 unspecified atom stereocenters. The van der Waals surface area contributed by atoms with Crippen molar-refractivity contribution in [1.29, 1.82) is 0 Å². The van der Waals surface area contributed by atoms with Crippen LogP contribution in [0.15, 0.2) is 51.1 Å². The monoisotopic (exact) mass is 482 g/mol. The van der Waals surface area contributed by atoms with E-state index >= 15 is 0 Å². The summed E-state index contributed by atoms with van der Waals surface area (Å²) in [5.74, 6) is -0.334. The number of rotatable bonds is 3. The van der Waals surface area contributed by atoms with E-state index in [0.29, 0.717) is 6.07 Å². The Labute approximate surface area is 193 Å². The van der Waals surface area contributed by atoms with Crippen molar-refractivity contribution in [3.63, 3.8) is 0 Å². The first kappa shape index (κ1) is 23.1. The molecule has 0 amide bonds. The molecule has 0 saturated heterocycles. The van der Waals surface area contributed by atoms with E-state index in [-0.39, 0.29) is 63.7 Å². The van der Waals surface area contributed by atoms with E-state index in [4.69, 9.17) is 0 Å². The molecule has 0 aliphatic heterocycles. The standard InChI is InChI=1S/C16H10O10S3.Na.H/c17-11-4-3-9-12(27(18,19)20)5-10-14(29(24,25)26)6-13(28(21,22)23)8-2-1-7(11)15(9)16(8)10;;/h1-6,17H,(H,18,19,20)(H,21,22,23)(H,24,25,26);;/q;+1;-1. The van der Waals surface area contributed by atoms with Gasteiger partial charge in [-0.1, -0.05) is 6.07 Å². The van der Waals surface area contributed by atoms with E-state index in [1.54, 1.807) is 0 Å². The van der Waals surface area contributed by atoms with Gasteiger partial charge in [0.2, 0.25) is 0 Å². The molecule has 0 aromatic heterocycles. The van der Waals surface area contributed by atoms with Gasteiger partial charge in [-0.15, -0.1) is 0 Å². The summed E-state index contributed by atoms with van der Waals surface area (Å²) in [7, 11) is -15.0. The molecule has 0 heterocycles. The van der Waals surface area contributed by atoms with Crippen molar-refractivity contribution in [3.8, 4) is 5.75 Å². The molecule has 0 aliphatic carbocycles. The number of benzene rings is 4. The van der Waals surface area contributed by atoms with Crippen LogP contribution in [0.3, 0.4) is 0 Å². The number of phenolic OH excluding ortho intramolecular Hbond substituents is 1. The molecule has 4 rings (SSSR count). The van der Waals surface area contributed by atoms with Gasteiger partial charge in [-0.3, -0.25) is 13.7 Å². The largest absolute Gasteiger partial charge is 1.00 e. The Kier molecular flexibility index (Phi) is 5.38. The molecule has 0 bridgehead atoms. The molecule has 10 nitrogen and oxygen atoms in total. The van der Waals surface area contributed by atoms with Gasteiger partial charge in [0.15, 0.2) is 0 Å². The molecule has 0 spiro atoms. The van der Waals surface area contributed by atoms with Gasteiger partial charge in [-0.2, -0.15) is 25.3 Å². The zero-order valence-corrected chi connectivity index (χ0v) is 19.4. The predicted octanol–water partition coefficient (Wildman–Crippen LogP) is -0.854. The first-order valence-electron chi connectivity index (χ1n) is 7.61. The Bertz CT molecular complexity index is 1680. The Morgan fingerprint density at radius 3 is 1.43 bits per heavy atom. The molecule has 30 heavy (non-hydrogen) atoms. The van der Waals surface area contributed by atoms with Crippen molar-refractivity contribution in [2.24, 2.45) is 0 Å². The van der Waals surface area contributed by atoms with Crippen molar-refractivity contribution >= 4 is 62.7 Å². The van der Waals surface area contributed by atoms with Gasteiger partial charge in [0.05, 0.1) is 0 Å². The fraction of sp³-hybridized carbons (Fsp3) is 0. The van der Waals surface area contributed by atoms with E-state index in [1.807, 2.05) is 0 Å². The number of hydrogen-bond donors (Lipinski definition) is 4. The summed E-state index contributed by atoms with van der Waals surface area (Å²) in [4.78, 5) is -2.56. The van der Waals surface area contributed by atoms with Gasteiger partial charge in [-0.05, 0) is 30.3 Å². The van der Waals surface area contributed by atoms with Crippen LogP contribution in [0.25, 0.3) is 32.3 Å². The maximum absolute atomic E-state index is 11.9. The van der Waals surface area contributed by atoms with Crippen LogP contribution in [0, 0.1) is 0 Å². The van der Waals surface area contributed by atoms with Gasteiger partial charge >= 0.3 is 29.6 Å². The summed E-state index contributed by atoms with van der Waals surface area (Å²) in [5, 5.41) is 9.21. The van der Waals surface area contributed by atoms with E-state index in [0.717, 1.165) is 18.2 Å². The predicted molar refractivity (Wildman–Crippen MR) is 102 cm³/mol. The summed E-state index contributed by atoms with van der Waals surface area (Å²) >= 11 is 0. The van der Waals surface area contributed by atoms with Gasteiger partial charge in [0.25, 0.3) is 30.4 Å². The van der Waals surface area contributed by atoms with Gasteiger partial charge in [0.1, 0.15) is 20.4 Å². The first-order valence-corrected chi connectivity index (χ1v) is 11.9.